The van der Waals surface area contributed by atoms with Gasteiger partial charge in [-0.2, -0.15) is 0 Å². The van der Waals surface area contributed by atoms with Crippen molar-refractivity contribution in [2.75, 3.05) is 31.6 Å². The van der Waals surface area contributed by atoms with Crippen LogP contribution in [0, 0.1) is 0 Å². The van der Waals surface area contributed by atoms with Gasteiger partial charge < -0.3 is 20.6 Å². The smallest absolute Gasteiger partial charge is 0.314 e. The highest BCUT2D eigenvalue weighted by molar-refractivity contribution is 5.74. The number of anilines is 1. The molecule has 0 saturated heterocycles. The van der Waals surface area contributed by atoms with Crippen molar-refractivity contribution in [3.8, 4) is 0 Å². The number of benzene rings is 1. The number of nitrogens with zero attached hydrogens (tertiary/aromatic N) is 1. The van der Waals surface area contributed by atoms with Gasteiger partial charge >= 0.3 is 6.03 Å². The zero-order valence-corrected chi connectivity index (χ0v) is 12.3. The average molecular weight is 279 g/mol. The largest absolute Gasteiger partial charge is 0.396 e. The average Bonchev–Trinajstić information content (AvgIpc) is 2.44. The molecule has 3 N–H and O–H groups in total. The molecule has 112 valence electrons. The molecule has 0 aliphatic rings. The fraction of sp³-hybridized carbons (Fsp3) is 0.533. The number of nitrogens with one attached hydrogen (secondary N) is 2. The van der Waals surface area contributed by atoms with E-state index in [9.17, 15) is 4.79 Å². The molecule has 0 aliphatic carbocycles. The molecule has 20 heavy (non-hydrogen) atoms. The second-order valence-electron chi connectivity index (χ2n) is 4.92. The first kappa shape index (κ1) is 16.3. The fourth-order valence-corrected chi connectivity index (χ4v) is 1.87. The van der Waals surface area contributed by atoms with Crippen LogP contribution in [0.4, 0.5) is 10.5 Å². The molecule has 0 saturated carbocycles. The summed E-state index contributed by atoms with van der Waals surface area (Å²) in [5.41, 5.74) is 1.17. The highest BCUT2D eigenvalue weighted by atomic mass is 16.3. The summed E-state index contributed by atoms with van der Waals surface area (Å²) in [6, 6.07) is 9.98. The number of urea groups is 1. The fourth-order valence-electron chi connectivity index (χ4n) is 1.87. The second-order valence-corrected chi connectivity index (χ2v) is 4.92. The number of para-hydroxylation sites is 1. The van der Waals surface area contributed by atoms with Crippen molar-refractivity contribution in [2.45, 2.75) is 25.8 Å². The third kappa shape index (κ3) is 6.43. The molecule has 0 spiro atoms. The number of amides is 2. The van der Waals surface area contributed by atoms with E-state index in [1.165, 1.54) is 5.69 Å². The van der Waals surface area contributed by atoms with Gasteiger partial charge in [0.1, 0.15) is 0 Å². The Hall–Kier alpha value is -1.75. The highest BCUT2D eigenvalue weighted by Crippen LogP contribution is 2.10. The first-order valence-corrected chi connectivity index (χ1v) is 7.05. The van der Waals surface area contributed by atoms with Crippen molar-refractivity contribution in [1.29, 1.82) is 0 Å². The molecular weight excluding hydrogens is 254 g/mol. The molecule has 0 aromatic heterocycles. The molecule has 0 fully saturated rings. The maximum atomic E-state index is 11.5. The Morgan fingerprint density at radius 1 is 1.35 bits per heavy atom. The van der Waals surface area contributed by atoms with Crippen molar-refractivity contribution < 1.29 is 9.90 Å². The summed E-state index contributed by atoms with van der Waals surface area (Å²) in [7, 11) is 2.04. The third-order valence-corrected chi connectivity index (χ3v) is 3.09. The van der Waals surface area contributed by atoms with Crippen LogP contribution in [-0.4, -0.2) is 43.9 Å². The Morgan fingerprint density at radius 3 is 2.70 bits per heavy atom. The Labute approximate surface area is 121 Å². The molecule has 5 nitrogen and oxygen atoms in total. The first-order chi connectivity index (χ1) is 9.63. The molecular formula is C15H25N3O2. The molecule has 0 heterocycles. The number of hydrogen-bond acceptors (Lipinski definition) is 3. The van der Waals surface area contributed by atoms with Gasteiger partial charge in [0.05, 0.1) is 0 Å². The van der Waals surface area contributed by atoms with E-state index in [-0.39, 0.29) is 18.7 Å². The number of aliphatic hydroxyl groups is 1. The molecule has 0 bridgehead atoms. The SMILES string of the molecule is C[C@H](CCO)NC(=O)NCCCN(C)c1ccccc1. The standard InChI is InChI=1S/C15H25N3O2/c1-13(9-12-19)17-15(20)16-10-6-11-18(2)14-7-4-3-5-8-14/h3-5,7-8,13,19H,6,9-12H2,1-2H3,(H2,16,17,20)/t13-/m1/s1. The third-order valence-electron chi connectivity index (χ3n) is 3.09. The van der Waals surface area contributed by atoms with Gasteiger partial charge in [0.25, 0.3) is 0 Å². The molecule has 0 radical (unpaired) electrons. The van der Waals surface area contributed by atoms with E-state index in [0.29, 0.717) is 13.0 Å². The molecule has 1 aromatic carbocycles. The van der Waals surface area contributed by atoms with Crippen molar-refractivity contribution in [3.05, 3.63) is 30.3 Å². The van der Waals surface area contributed by atoms with Crippen LogP contribution in [0.1, 0.15) is 19.8 Å². The Bertz CT molecular complexity index is 384. The number of hydrogen-bond donors (Lipinski definition) is 3. The molecule has 1 rings (SSSR count). The lowest BCUT2D eigenvalue weighted by atomic mass is 10.2. The molecule has 5 heteroatoms. The van der Waals surface area contributed by atoms with Crippen LogP contribution in [0.5, 0.6) is 0 Å². The van der Waals surface area contributed by atoms with Crippen LogP contribution >= 0.6 is 0 Å². The van der Waals surface area contributed by atoms with Crippen LogP contribution < -0.4 is 15.5 Å². The van der Waals surface area contributed by atoms with Crippen LogP contribution in [-0.2, 0) is 0 Å². The van der Waals surface area contributed by atoms with Gasteiger partial charge in [-0.3, -0.25) is 0 Å². The topological polar surface area (TPSA) is 64.6 Å². The van der Waals surface area contributed by atoms with Gasteiger partial charge in [0.15, 0.2) is 0 Å². The molecule has 1 atom stereocenters. The van der Waals surface area contributed by atoms with Crippen molar-refractivity contribution >= 4 is 11.7 Å². The van der Waals surface area contributed by atoms with Crippen LogP contribution in [0.15, 0.2) is 30.3 Å². The maximum Gasteiger partial charge on any atom is 0.314 e. The van der Waals surface area contributed by atoms with E-state index in [1.807, 2.05) is 32.2 Å². The van der Waals surface area contributed by atoms with E-state index < -0.39 is 0 Å². The van der Waals surface area contributed by atoms with Crippen molar-refractivity contribution in [3.63, 3.8) is 0 Å². The number of carbonyl (C=O) groups is 1. The van der Waals surface area contributed by atoms with Gasteiger partial charge in [0, 0.05) is 38.5 Å². The maximum absolute atomic E-state index is 11.5. The lowest BCUT2D eigenvalue weighted by Crippen LogP contribution is -2.41. The van der Waals surface area contributed by atoms with E-state index in [2.05, 4.69) is 27.7 Å². The second kappa shape index (κ2) is 9.20. The molecule has 2 amide bonds. The quantitative estimate of drug-likeness (QED) is 0.633. The predicted octanol–water partition coefficient (Wildman–Crippen LogP) is 1.58. The summed E-state index contributed by atoms with van der Waals surface area (Å²) >= 11 is 0. The van der Waals surface area contributed by atoms with Gasteiger partial charge in [-0.25, -0.2) is 4.79 Å². The predicted molar refractivity (Wildman–Crippen MR) is 82.0 cm³/mol. The van der Waals surface area contributed by atoms with Crippen molar-refractivity contribution in [2.24, 2.45) is 0 Å². The van der Waals surface area contributed by atoms with Crippen molar-refractivity contribution in [1.82, 2.24) is 10.6 Å². The van der Waals surface area contributed by atoms with Gasteiger partial charge in [-0.05, 0) is 31.9 Å². The normalized spacial score (nSPS) is 11.8. The number of carbonyl (C=O) groups excluding carboxylic acids is 1. The minimum absolute atomic E-state index is 0.00741. The summed E-state index contributed by atoms with van der Waals surface area (Å²) in [6.07, 6.45) is 1.46. The first-order valence-electron chi connectivity index (χ1n) is 7.05. The van der Waals surface area contributed by atoms with Crippen LogP contribution in [0.2, 0.25) is 0 Å². The minimum Gasteiger partial charge on any atom is -0.396 e. The summed E-state index contributed by atoms with van der Waals surface area (Å²) < 4.78 is 0. The summed E-state index contributed by atoms with van der Waals surface area (Å²) in [6.45, 7) is 3.48. The zero-order valence-electron chi connectivity index (χ0n) is 12.3. The van der Waals surface area contributed by atoms with Gasteiger partial charge in [0.2, 0.25) is 0 Å². The summed E-state index contributed by atoms with van der Waals surface area (Å²) in [4.78, 5) is 13.7. The summed E-state index contributed by atoms with van der Waals surface area (Å²) in [5, 5.41) is 14.4. The van der Waals surface area contributed by atoms with Gasteiger partial charge in [-0.1, -0.05) is 18.2 Å². The van der Waals surface area contributed by atoms with Gasteiger partial charge in [-0.15, -0.1) is 0 Å². The summed E-state index contributed by atoms with van der Waals surface area (Å²) in [5.74, 6) is 0. The highest BCUT2D eigenvalue weighted by Gasteiger charge is 2.05. The van der Waals surface area contributed by atoms with E-state index in [4.69, 9.17) is 5.11 Å². The van der Waals surface area contributed by atoms with E-state index >= 15 is 0 Å². The minimum atomic E-state index is -0.173. The molecule has 0 aliphatic heterocycles. The Kier molecular flexibility index (Phi) is 7.50. The Morgan fingerprint density at radius 2 is 2.05 bits per heavy atom. The number of rotatable bonds is 8. The van der Waals surface area contributed by atoms with E-state index in [0.717, 1.165) is 13.0 Å². The Balaban J connectivity index is 2.14. The monoisotopic (exact) mass is 279 g/mol. The number of aliphatic hydroxyl groups excluding tert-OH is 1. The molecule has 0 unspecified atom stereocenters. The van der Waals surface area contributed by atoms with Crippen LogP contribution in [0.25, 0.3) is 0 Å². The zero-order chi connectivity index (χ0) is 14.8. The van der Waals surface area contributed by atoms with E-state index in [1.54, 1.807) is 0 Å². The van der Waals surface area contributed by atoms with Crippen LogP contribution in [0.3, 0.4) is 0 Å². The lowest BCUT2D eigenvalue weighted by Gasteiger charge is -2.19. The lowest BCUT2D eigenvalue weighted by molar-refractivity contribution is 0.231. The molecule has 1 aromatic rings.